The quantitative estimate of drug-likeness (QED) is 0.320. The second kappa shape index (κ2) is 9.03. The SMILES string of the molecule is CC1=C(c2nc(-c3ccccc3)no2)C(c2ccc(C)c(C)c2)NC(=S)N1c1ccc2c(c1)CCC2. The van der Waals surface area contributed by atoms with Gasteiger partial charge in [0, 0.05) is 16.9 Å². The number of allylic oxidation sites excluding steroid dienone is 1. The van der Waals surface area contributed by atoms with Gasteiger partial charge in [0.05, 0.1) is 11.6 Å². The molecule has 2 aliphatic rings. The van der Waals surface area contributed by atoms with Gasteiger partial charge in [-0.15, -0.1) is 0 Å². The molecule has 0 bridgehead atoms. The molecular weight excluding hydrogens is 464 g/mol. The third kappa shape index (κ3) is 3.91. The maximum Gasteiger partial charge on any atom is 0.258 e. The fourth-order valence-electron chi connectivity index (χ4n) is 5.26. The van der Waals surface area contributed by atoms with Crippen molar-refractivity contribution in [3.8, 4) is 11.4 Å². The van der Waals surface area contributed by atoms with Crippen LogP contribution in [0, 0.1) is 13.8 Å². The van der Waals surface area contributed by atoms with E-state index in [1.54, 1.807) is 0 Å². The molecule has 180 valence electrons. The summed E-state index contributed by atoms with van der Waals surface area (Å²) in [6, 6.07) is 22.9. The number of hydrogen-bond acceptors (Lipinski definition) is 4. The van der Waals surface area contributed by atoms with Crippen LogP contribution < -0.4 is 10.2 Å². The standard InChI is InChI=1S/C30H28N4OS/c1-18-12-13-24(16-19(18)2)27-26(29-32-28(33-35-29)22-8-5-4-6-9-22)20(3)34(30(36)31-27)25-15-14-21-10-7-11-23(21)17-25/h4-6,8-9,12-17,27H,7,10-11H2,1-3H3,(H,31,36). The first-order valence-corrected chi connectivity index (χ1v) is 12.8. The fraction of sp³-hybridized carbons (Fsp3) is 0.233. The van der Waals surface area contributed by atoms with E-state index in [9.17, 15) is 0 Å². The Labute approximate surface area is 216 Å². The normalized spacial score (nSPS) is 17.4. The molecule has 5 nitrogen and oxygen atoms in total. The van der Waals surface area contributed by atoms with Crippen molar-refractivity contribution < 1.29 is 4.52 Å². The summed E-state index contributed by atoms with van der Waals surface area (Å²) in [5, 5.41) is 8.58. The number of benzene rings is 3. The zero-order chi connectivity index (χ0) is 24.8. The van der Waals surface area contributed by atoms with Crippen molar-refractivity contribution in [1.82, 2.24) is 15.5 Å². The minimum atomic E-state index is -0.202. The van der Waals surface area contributed by atoms with Crippen LogP contribution in [0.3, 0.4) is 0 Å². The fourth-order valence-corrected chi connectivity index (χ4v) is 5.62. The van der Waals surface area contributed by atoms with Gasteiger partial charge in [-0.25, -0.2) is 0 Å². The average Bonchev–Trinajstić information content (AvgIpc) is 3.56. The van der Waals surface area contributed by atoms with Crippen molar-refractivity contribution in [2.75, 3.05) is 4.90 Å². The Balaban J connectivity index is 1.50. The van der Waals surface area contributed by atoms with E-state index in [4.69, 9.17) is 21.7 Å². The van der Waals surface area contributed by atoms with E-state index in [-0.39, 0.29) is 6.04 Å². The Morgan fingerprint density at radius 3 is 2.53 bits per heavy atom. The van der Waals surface area contributed by atoms with Crippen LogP contribution in [0.2, 0.25) is 0 Å². The molecular formula is C30H28N4OS. The van der Waals surface area contributed by atoms with Gasteiger partial charge in [0.15, 0.2) is 5.11 Å². The maximum atomic E-state index is 5.95. The van der Waals surface area contributed by atoms with E-state index in [0.29, 0.717) is 16.8 Å². The second-order valence-electron chi connectivity index (χ2n) is 9.66. The molecule has 1 N–H and O–H groups in total. The van der Waals surface area contributed by atoms with Crippen molar-refractivity contribution in [1.29, 1.82) is 0 Å². The zero-order valence-corrected chi connectivity index (χ0v) is 21.5. The van der Waals surface area contributed by atoms with Crippen LogP contribution in [0.4, 0.5) is 5.69 Å². The highest BCUT2D eigenvalue weighted by atomic mass is 32.1. The van der Waals surface area contributed by atoms with Gasteiger partial charge >= 0.3 is 0 Å². The van der Waals surface area contributed by atoms with Gasteiger partial charge in [-0.1, -0.05) is 59.8 Å². The molecule has 0 radical (unpaired) electrons. The third-order valence-electron chi connectivity index (χ3n) is 7.38. The topological polar surface area (TPSA) is 54.2 Å². The third-order valence-corrected chi connectivity index (χ3v) is 7.68. The molecule has 3 aromatic carbocycles. The van der Waals surface area contributed by atoms with Crippen LogP contribution >= 0.6 is 12.2 Å². The Kier molecular flexibility index (Phi) is 5.69. The zero-order valence-electron chi connectivity index (χ0n) is 20.7. The Hall–Kier alpha value is -3.77. The number of rotatable bonds is 4. The monoisotopic (exact) mass is 492 g/mol. The number of thiocarbonyl (C=S) groups is 1. The number of nitrogens with one attached hydrogen (secondary N) is 1. The van der Waals surface area contributed by atoms with Gasteiger partial charge in [0.2, 0.25) is 5.82 Å². The van der Waals surface area contributed by atoms with Crippen LogP contribution in [-0.2, 0) is 12.8 Å². The molecule has 36 heavy (non-hydrogen) atoms. The molecule has 2 heterocycles. The van der Waals surface area contributed by atoms with E-state index in [1.807, 2.05) is 30.3 Å². The molecule has 0 amide bonds. The van der Waals surface area contributed by atoms with E-state index in [2.05, 4.69) is 72.5 Å². The lowest BCUT2D eigenvalue weighted by molar-refractivity contribution is 0.404. The van der Waals surface area contributed by atoms with E-state index >= 15 is 0 Å². The summed E-state index contributed by atoms with van der Waals surface area (Å²) in [5.74, 6) is 1.07. The van der Waals surface area contributed by atoms with Gasteiger partial charge < -0.3 is 9.84 Å². The Morgan fingerprint density at radius 1 is 0.917 bits per heavy atom. The maximum absolute atomic E-state index is 5.95. The van der Waals surface area contributed by atoms with Crippen LogP contribution in [0.15, 0.2) is 77.0 Å². The first-order chi connectivity index (χ1) is 17.5. The molecule has 1 aliphatic heterocycles. The lowest BCUT2D eigenvalue weighted by Gasteiger charge is -2.37. The summed E-state index contributed by atoms with van der Waals surface area (Å²) >= 11 is 5.95. The lowest BCUT2D eigenvalue weighted by Crippen LogP contribution is -2.46. The van der Waals surface area contributed by atoms with Crippen molar-refractivity contribution >= 4 is 28.6 Å². The minimum absolute atomic E-state index is 0.202. The predicted molar refractivity (Wildman–Crippen MR) is 148 cm³/mol. The molecule has 1 unspecified atom stereocenters. The summed E-state index contributed by atoms with van der Waals surface area (Å²) < 4.78 is 5.90. The smallest absolute Gasteiger partial charge is 0.258 e. The molecule has 0 spiro atoms. The highest BCUT2D eigenvalue weighted by Gasteiger charge is 2.35. The molecule has 6 rings (SSSR count). The van der Waals surface area contributed by atoms with Gasteiger partial charge in [-0.3, -0.25) is 4.90 Å². The molecule has 1 atom stereocenters. The molecule has 4 aromatic rings. The minimum Gasteiger partial charge on any atom is -0.351 e. The van der Waals surface area contributed by atoms with E-state index < -0.39 is 0 Å². The van der Waals surface area contributed by atoms with Crippen molar-refractivity contribution in [3.05, 3.63) is 106 Å². The highest BCUT2D eigenvalue weighted by molar-refractivity contribution is 7.80. The molecule has 1 aromatic heterocycles. The molecule has 0 saturated heterocycles. The summed E-state index contributed by atoms with van der Waals surface area (Å²) in [5.41, 5.74) is 10.3. The Morgan fingerprint density at radius 2 is 1.72 bits per heavy atom. The second-order valence-corrected chi connectivity index (χ2v) is 10.0. The molecule has 6 heteroatoms. The first-order valence-electron chi connectivity index (χ1n) is 12.4. The molecule has 1 aliphatic carbocycles. The number of hydrogen-bond donors (Lipinski definition) is 1. The van der Waals surface area contributed by atoms with Gasteiger partial charge in [-0.2, -0.15) is 4.98 Å². The number of anilines is 1. The van der Waals surface area contributed by atoms with Crippen LogP contribution in [0.1, 0.15) is 53.1 Å². The van der Waals surface area contributed by atoms with Crippen molar-refractivity contribution in [2.45, 2.75) is 46.1 Å². The number of fused-ring (bicyclic) bond motifs is 1. The summed E-state index contributed by atoms with van der Waals surface area (Å²) in [6.07, 6.45) is 3.47. The van der Waals surface area contributed by atoms with Crippen LogP contribution in [-0.4, -0.2) is 15.3 Å². The van der Waals surface area contributed by atoms with Crippen LogP contribution in [0.5, 0.6) is 0 Å². The lowest BCUT2D eigenvalue weighted by atomic mass is 9.92. The molecule has 0 saturated carbocycles. The summed E-state index contributed by atoms with van der Waals surface area (Å²) in [4.78, 5) is 6.94. The van der Waals surface area contributed by atoms with Gasteiger partial charge in [0.1, 0.15) is 0 Å². The predicted octanol–water partition coefficient (Wildman–Crippen LogP) is 6.71. The largest absolute Gasteiger partial charge is 0.351 e. The number of aryl methyl sites for hydroxylation is 4. The van der Waals surface area contributed by atoms with Gasteiger partial charge in [-0.05, 0) is 92.2 Å². The van der Waals surface area contributed by atoms with Crippen molar-refractivity contribution in [2.24, 2.45) is 0 Å². The van der Waals surface area contributed by atoms with E-state index in [0.717, 1.165) is 40.9 Å². The van der Waals surface area contributed by atoms with Crippen molar-refractivity contribution in [3.63, 3.8) is 0 Å². The summed E-state index contributed by atoms with van der Waals surface area (Å²) in [7, 11) is 0. The number of aromatic nitrogens is 2. The highest BCUT2D eigenvalue weighted by Crippen LogP contribution is 2.40. The first kappa shape index (κ1) is 22.7. The van der Waals surface area contributed by atoms with Gasteiger partial charge in [0.25, 0.3) is 5.89 Å². The average molecular weight is 493 g/mol. The van der Waals surface area contributed by atoms with Crippen LogP contribution in [0.25, 0.3) is 17.0 Å². The summed E-state index contributed by atoms with van der Waals surface area (Å²) in [6.45, 7) is 6.35. The Bertz CT molecular complexity index is 1500. The molecule has 0 fully saturated rings. The number of nitrogens with zero attached hydrogens (tertiary/aromatic N) is 3. The van der Waals surface area contributed by atoms with E-state index in [1.165, 1.54) is 28.7 Å².